The van der Waals surface area contributed by atoms with Gasteiger partial charge in [-0.15, -0.1) is 0 Å². The first-order valence-corrected chi connectivity index (χ1v) is 5.76. The molecule has 0 bridgehead atoms. The highest BCUT2D eigenvalue weighted by Crippen LogP contribution is 2.28. The van der Waals surface area contributed by atoms with Crippen LogP contribution in [0.3, 0.4) is 0 Å². The second kappa shape index (κ2) is 5.35. The van der Waals surface area contributed by atoms with Crippen LogP contribution >= 0.6 is 0 Å². The van der Waals surface area contributed by atoms with Gasteiger partial charge in [0, 0.05) is 6.54 Å². The van der Waals surface area contributed by atoms with Gasteiger partial charge < -0.3 is 11.1 Å². The van der Waals surface area contributed by atoms with Crippen LogP contribution < -0.4 is 11.1 Å². The third-order valence-electron chi connectivity index (χ3n) is 3.01. The Labute approximate surface area is 86.4 Å². The number of hydrogen-bond acceptors (Lipinski definition) is 2. The Morgan fingerprint density at radius 1 is 1.36 bits per heavy atom. The number of unbranched alkanes of at least 4 members (excludes halogenated alkanes) is 3. The minimum Gasteiger partial charge on any atom is -0.355 e. The maximum Gasteiger partial charge on any atom is 0.240 e. The predicted octanol–water partition coefficient (Wildman–Crippen LogP) is 1.56. The molecular weight excluding hydrogens is 176 g/mol. The van der Waals surface area contributed by atoms with E-state index in [0.717, 1.165) is 32.2 Å². The maximum atomic E-state index is 11.5. The number of hydrogen-bond donors (Lipinski definition) is 2. The molecule has 82 valence electrons. The van der Waals surface area contributed by atoms with Gasteiger partial charge in [0.15, 0.2) is 0 Å². The molecule has 3 N–H and O–H groups in total. The second-order valence-corrected chi connectivity index (χ2v) is 4.33. The molecule has 1 aliphatic rings. The van der Waals surface area contributed by atoms with E-state index in [1.807, 2.05) is 0 Å². The standard InChI is InChI=1S/C11H22N2O/c1-2-3-4-5-9-13-10(14)11(12)7-6-8-11/h2-9,12H2,1H3,(H,13,14). The summed E-state index contributed by atoms with van der Waals surface area (Å²) < 4.78 is 0. The Morgan fingerprint density at radius 3 is 2.57 bits per heavy atom. The van der Waals surface area contributed by atoms with Crippen molar-refractivity contribution in [3.8, 4) is 0 Å². The van der Waals surface area contributed by atoms with Crippen LogP contribution in [-0.4, -0.2) is 18.0 Å². The molecule has 3 nitrogen and oxygen atoms in total. The van der Waals surface area contributed by atoms with E-state index < -0.39 is 5.54 Å². The van der Waals surface area contributed by atoms with Crippen molar-refractivity contribution >= 4 is 5.91 Å². The molecular formula is C11H22N2O. The molecule has 0 unspecified atom stereocenters. The molecule has 0 radical (unpaired) electrons. The lowest BCUT2D eigenvalue weighted by Gasteiger charge is -2.36. The number of nitrogens with two attached hydrogens (primary N) is 1. The van der Waals surface area contributed by atoms with Crippen molar-refractivity contribution in [2.75, 3.05) is 6.54 Å². The molecule has 0 aromatic rings. The summed E-state index contributed by atoms with van der Waals surface area (Å²) in [6.07, 6.45) is 7.57. The van der Waals surface area contributed by atoms with Crippen molar-refractivity contribution in [2.45, 2.75) is 57.4 Å². The molecule has 0 aromatic carbocycles. The van der Waals surface area contributed by atoms with Crippen LogP contribution in [0.4, 0.5) is 0 Å². The van der Waals surface area contributed by atoms with Crippen LogP contribution in [0.25, 0.3) is 0 Å². The van der Waals surface area contributed by atoms with Gasteiger partial charge in [-0.2, -0.15) is 0 Å². The average Bonchev–Trinajstić information content (AvgIpc) is 2.13. The van der Waals surface area contributed by atoms with E-state index in [1.54, 1.807) is 0 Å². The normalized spacial score (nSPS) is 18.7. The number of amides is 1. The van der Waals surface area contributed by atoms with Crippen LogP contribution in [0.15, 0.2) is 0 Å². The summed E-state index contributed by atoms with van der Waals surface area (Å²) in [6, 6.07) is 0. The lowest BCUT2D eigenvalue weighted by Crippen LogP contribution is -2.58. The summed E-state index contributed by atoms with van der Waals surface area (Å²) in [6.45, 7) is 2.97. The van der Waals surface area contributed by atoms with E-state index in [9.17, 15) is 4.79 Å². The van der Waals surface area contributed by atoms with Crippen LogP contribution in [0.1, 0.15) is 51.9 Å². The van der Waals surface area contributed by atoms with Crippen molar-refractivity contribution in [3.05, 3.63) is 0 Å². The molecule has 1 rings (SSSR count). The predicted molar refractivity (Wildman–Crippen MR) is 57.9 cm³/mol. The van der Waals surface area contributed by atoms with Gasteiger partial charge in [0.1, 0.15) is 0 Å². The first-order valence-electron chi connectivity index (χ1n) is 5.76. The molecule has 0 aromatic heterocycles. The van der Waals surface area contributed by atoms with Gasteiger partial charge in [0.05, 0.1) is 5.54 Å². The molecule has 1 fully saturated rings. The van der Waals surface area contributed by atoms with Gasteiger partial charge in [-0.3, -0.25) is 4.79 Å². The molecule has 0 aliphatic heterocycles. The highest BCUT2D eigenvalue weighted by Gasteiger charge is 2.39. The van der Waals surface area contributed by atoms with Gasteiger partial charge >= 0.3 is 0 Å². The Balaban J connectivity index is 2.03. The van der Waals surface area contributed by atoms with Gasteiger partial charge in [-0.25, -0.2) is 0 Å². The number of carbonyl (C=O) groups is 1. The Hall–Kier alpha value is -0.570. The topological polar surface area (TPSA) is 55.1 Å². The van der Waals surface area contributed by atoms with Gasteiger partial charge in [-0.1, -0.05) is 26.2 Å². The van der Waals surface area contributed by atoms with Crippen LogP contribution in [0.5, 0.6) is 0 Å². The molecule has 14 heavy (non-hydrogen) atoms. The Morgan fingerprint density at radius 2 is 2.07 bits per heavy atom. The van der Waals surface area contributed by atoms with Crippen molar-refractivity contribution in [3.63, 3.8) is 0 Å². The minimum absolute atomic E-state index is 0.0558. The zero-order valence-electron chi connectivity index (χ0n) is 9.14. The molecule has 1 aliphatic carbocycles. The lowest BCUT2D eigenvalue weighted by atomic mass is 9.77. The smallest absolute Gasteiger partial charge is 0.240 e. The third-order valence-corrected chi connectivity index (χ3v) is 3.01. The first-order chi connectivity index (χ1) is 6.69. The maximum absolute atomic E-state index is 11.5. The average molecular weight is 198 g/mol. The number of rotatable bonds is 6. The Bertz CT molecular complexity index is 188. The highest BCUT2D eigenvalue weighted by atomic mass is 16.2. The zero-order chi connectivity index (χ0) is 10.4. The van der Waals surface area contributed by atoms with Crippen LogP contribution in [0, 0.1) is 0 Å². The first kappa shape index (κ1) is 11.5. The molecule has 0 heterocycles. The van der Waals surface area contributed by atoms with E-state index in [-0.39, 0.29) is 5.91 Å². The fraction of sp³-hybridized carbons (Fsp3) is 0.909. The summed E-state index contributed by atoms with van der Waals surface area (Å²) in [7, 11) is 0. The Kier molecular flexibility index (Phi) is 4.39. The fourth-order valence-electron chi connectivity index (χ4n) is 1.71. The summed E-state index contributed by atoms with van der Waals surface area (Å²) in [5, 5.41) is 2.92. The lowest BCUT2D eigenvalue weighted by molar-refractivity contribution is -0.129. The van der Waals surface area contributed by atoms with Crippen LogP contribution in [0.2, 0.25) is 0 Å². The fourth-order valence-corrected chi connectivity index (χ4v) is 1.71. The van der Waals surface area contributed by atoms with E-state index in [0.29, 0.717) is 0 Å². The SMILES string of the molecule is CCCCCCNC(=O)C1(N)CCC1. The third kappa shape index (κ3) is 2.98. The minimum atomic E-state index is -0.523. The van der Waals surface area contributed by atoms with Crippen molar-refractivity contribution in [2.24, 2.45) is 5.73 Å². The largest absolute Gasteiger partial charge is 0.355 e. The molecule has 3 heteroatoms. The van der Waals surface area contributed by atoms with Crippen molar-refractivity contribution < 1.29 is 4.79 Å². The summed E-state index contributed by atoms with van der Waals surface area (Å²) in [5.41, 5.74) is 5.35. The molecule has 0 atom stereocenters. The van der Waals surface area contributed by atoms with E-state index in [1.165, 1.54) is 19.3 Å². The molecule has 1 amide bonds. The zero-order valence-corrected chi connectivity index (χ0v) is 9.14. The van der Waals surface area contributed by atoms with E-state index >= 15 is 0 Å². The van der Waals surface area contributed by atoms with Gasteiger partial charge in [-0.05, 0) is 25.7 Å². The van der Waals surface area contributed by atoms with E-state index in [4.69, 9.17) is 5.73 Å². The van der Waals surface area contributed by atoms with E-state index in [2.05, 4.69) is 12.2 Å². The number of carbonyl (C=O) groups excluding carboxylic acids is 1. The van der Waals surface area contributed by atoms with Crippen LogP contribution in [-0.2, 0) is 4.79 Å². The quantitative estimate of drug-likeness (QED) is 0.636. The molecule has 0 saturated heterocycles. The molecule has 0 spiro atoms. The monoisotopic (exact) mass is 198 g/mol. The summed E-state index contributed by atoms with van der Waals surface area (Å²) >= 11 is 0. The van der Waals surface area contributed by atoms with Crippen molar-refractivity contribution in [1.29, 1.82) is 0 Å². The highest BCUT2D eigenvalue weighted by molar-refractivity contribution is 5.86. The summed E-state index contributed by atoms with van der Waals surface area (Å²) in [4.78, 5) is 11.5. The van der Waals surface area contributed by atoms with Gasteiger partial charge in [0.25, 0.3) is 0 Å². The van der Waals surface area contributed by atoms with Gasteiger partial charge in [0.2, 0.25) is 5.91 Å². The van der Waals surface area contributed by atoms with Crippen molar-refractivity contribution in [1.82, 2.24) is 5.32 Å². The number of nitrogens with one attached hydrogen (secondary N) is 1. The molecule has 1 saturated carbocycles. The second-order valence-electron chi connectivity index (χ2n) is 4.33. The summed E-state index contributed by atoms with van der Waals surface area (Å²) in [5.74, 6) is 0.0558.